The van der Waals surface area contributed by atoms with Crippen molar-refractivity contribution in [1.29, 1.82) is 0 Å². The molecule has 1 aromatic rings. The second-order valence-electron chi connectivity index (χ2n) is 3.75. The van der Waals surface area contributed by atoms with Gasteiger partial charge in [0.1, 0.15) is 0 Å². The van der Waals surface area contributed by atoms with E-state index in [0.29, 0.717) is 6.54 Å². The van der Waals surface area contributed by atoms with Gasteiger partial charge < -0.3 is 10.0 Å². The van der Waals surface area contributed by atoms with Crippen LogP contribution in [0.15, 0.2) is 18.2 Å². The summed E-state index contributed by atoms with van der Waals surface area (Å²) >= 11 is 3.29. The van der Waals surface area contributed by atoms with Crippen LogP contribution in [0, 0.1) is 5.82 Å². The summed E-state index contributed by atoms with van der Waals surface area (Å²) in [4.78, 5) is 23.6. The van der Waals surface area contributed by atoms with Gasteiger partial charge in [-0.1, -0.05) is 22.0 Å². The zero-order valence-corrected chi connectivity index (χ0v) is 10.3. The molecular formula is C11H9BrFNO3. The topological polar surface area (TPSA) is 57.6 Å². The Labute approximate surface area is 105 Å². The molecule has 4 nitrogen and oxygen atoms in total. The minimum absolute atomic E-state index is 0.0249. The highest BCUT2D eigenvalue weighted by molar-refractivity contribution is 9.09. The largest absolute Gasteiger partial charge is 0.478 e. The number of carbonyl (C=O) groups is 2. The van der Waals surface area contributed by atoms with Gasteiger partial charge in [-0.25, -0.2) is 9.18 Å². The van der Waals surface area contributed by atoms with Crippen LogP contribution in [0.2, 0.25) is 0 Å². The smallest absolute Gasteiger partial charge is 0.338 e. The summed E-state index contributed by atoms with van der Waals surface area (Å²) in [6.07, 6.45) is 0.288. The number of halogens is 2. The lowest BCUT2D eigenvalue weighted by molar-refractivity contribution is -0.117. The van der Waals surface area contributed by atoms with E-state index < -0.39 is 17.3 Å². The van der Waals surface area contributed by atoms with E-state index in [-0.39, 0.29) is 22.8 Å². The van der Waals surface area contributed by atoms with Crippen LogP contribution < -0.4 is 4.90 Å². The molecule has 1 saturated heterocycles. The second kappa shape index (κ2) is 4.44. The van der Waals surface area contributed by atoms with Crippen LogP contribution in [-0.2, 0) is 4.79 Å². The van der Waals surface area contributed by atoms with Gasteiger partial charge in [0.25, 0.3) is 0 Å². The van der Waals surface area contributed by atoms with E-state index in [2.05, 4.69) is 15.9 Å². The first-order valence-electron chi connectivity index (χ1n) is 4.97. The molecule has 1 heterocycles. The number of nitrogens with zero attached hydrogens (tertiary/aromatic N) is 1. The van der Waals surface area contributed by atoms with Gasteiger partial charge in [-0.2, -0.15) is 0 Å². The Kier molecular flexibility index (Phi) is 3.15. The molecule has 90 valence electrons. The number of carboxylic acid groups (broad SMARTS) is 1. The van der Waals surface area contributed by atoms with Crippen molar-refractivity contribution in [2.24, 2.45) is 0 Å². The first-order valence-corrected chi connectivity index (χ1v) is 5.88. The summed E-state index contributed by atoms with van der Waals surface area (Å²) in [7, 11) is 0. The summed E-state index contributed by atoms with van der Waals surface area (Å²) in [6.45, 7) is 0.346. The molecule has 0 saturated carbocycles. The molecule has 2 rings (SSSR count). The molecule has 0 aromatic heterocycles. The molecular weight excluding hydrogens is 293 g/mol. The Morgan fingerprint density at radius 2 is 2.24 bits per heavy atom. The van der Waals surface area contributed by atoms with E-state index in [1.807, 2.05) is 0 Å². The average Bonchev–Trinajstić information content (AvgIpc) is 2.57. The lowest BCUT2D eigenvalue weighted by atomic mass is 10.1. The quantitative estimate of drug-likeness (QED) is 0.850. The maximum Gasteiger partial charge on any atom is 0.338 e. The SMILES string of the molecule is O=C(O)c1cccc(N2CC(Br)CC2=O)c1F. The number of carboxylic acids is 1. The Bertz CT molecular complexity index is 492. The van der Waals surface area contributed by atoms with Gasteiger partial charge in [0.2, 0.25) is 5.91 Å². The highest BCUT2D eigenvalue weighted by Gasteiger charge is 2.31. The van der Waals surface area contributed by atoms with Crippen LogP contribution in [0.25, 0.3) is 0 Å². The number of carbonyl (C=O) groups excluding carboxylic acids is 1. The minimum Gasteiger partial charge on any atom is -0.478 e. The first-order chi connectivity index (χ1) is 8.00. The predicted octanol–water partition coefficient (Wildman–Crippen LogP) is 2.02. The van der Waals surface area contributed by atoms with E-state index >= 15 is 0 Å². The van der Waals surface area contributed by atoms with Crippen LogP contribution in [0.5, 0.6) is 0 Å². The van der Waals surface area contributed by atoms with Crippen molar-refractivity contribution in [3.05, 3.63) is 29.6 Å². The fraction of sp³-hybridized carbons (Fsp3) is 0.273. The highest BCUT2D eigenvalue weighted by atomic mass is 79.9. The van der Waals surface area contributed by atoms with Gasteiger partial charge >= 0.3 is 5.97 Å². The monoisotopic (exact) mass is 301 g/mol. The van der Waals surface area contributed by atoms with Crippen molar-refractivity contribution in [3.8, 4) is 0 Å². The summed E-state index contributed by atoms with van der Waals surface area (Å²) in [5.41, 5.74) is -0.398. The average molecular weight is 302 g/mol. The van der Waals surface area contributed by atoms with E-state index in [0.717, 1.165) is 0 Å². The summed E-state index contributed by atoms with van der Waals surface area (Å²) < 4.78 is 13.9. The van der Waals surface area contributed by atoms with Gasteiger partial charge in [0, 0.05) is 17.8 Å². The fourth-order valence-electron chi connectivity index (χ4n) is 1.79. The van der Waals surface area contributed by atoms with Gasteiger partial charge in [0.05, 0.1) is 11.3 Å². The molecule has 17 heavy (non-hydrogen) atoms. The summed E-state index contributed by atoms with van der Waals surface area (Å²) in [5.74, 6) is -2.42. The van der Waals surface area contributed by atoms with Crippen LogP contribution in [0.3, 0.4) is 0 Å². The molecule has 1 amide bonds. The van der Waals surface area contributed by atoms with Gasteiger partial charge in [-0.3, -0.25) is 4.79 Å². The highest BCUT2D eigenvalue weighted by Crippen LogP contribution is 2.28. The molecule has 0 aliphatic carbocycles. The molecule has 6 heteroatoms. The predicted molar refractivity (Wildman–Crippen MR) is 63.0 cm³/mol. The second-order valence-corrected chi connectivity index (χ2v) is 5.04. The molecule has 1 N–H and O–H groups in total. The lowest BCUT2D eigenvalue weighted by Gasteiger charge is -2.17. The van der Waals surface area contributed by atoms with Crippen molar-refractivity contribution in [2.75, 3.05) is 11.4 Å². The third kappa shape index (κ3) is 2.17. The number of aromatic carboxylic acids is 1. The number of amides is 1. The third-order valence-corrected chi connectivity index (χ3v) is 3.19. The van der Waals surface area contributed by atoms with Crippen molar-refractivity contribution in [1.82, 2.24) is 0 Å². The van der Waals surface area contributed by atoms with Crippen LogP contribution in [-0.4, -0.2) is 28.4 Å². The fourth-order valence-corrected chi connectivity index (χ4v) is 2.36. The van der Waals surface area contributed by atoms with E-state index in [1.54, 1.807) is 0 Å². The Morgan fingerprint density at radius 3 is 2.76 bits per heavy atom. The molecule has 0 spiro atoms. The van der Waals surface area contributed by atoms with E-state index in [9.17, 15) is 14.0 Å². The van der Waals surface area contributed by atoms with Crippen molar-refractivity contribution in [3.63, 3.8) is 0 Å². The Morgan fingerprint density at radius 1 is 1.53 bits per heavy atom. The summed E-state index contributed by atoms with van der Waals surface area (Å²) in [6, 6.07) is 4.01. The van der Waals surface area contributed by atoms with E-state index in [1.165, 1.54) is 23.1 Å². The number of hydrogen-bond acceptors (Lipinski definition) is 2. The standard InChI is InChI=1S/C11H9BrFNO3/c12-6-4-9(15)14(5-6)8-3-1-2-7(10(8)13)11(16)17/h1-3,6H,4-5H2,(H,16,17). The molecule has 0 radical (unpaired) electrons. The number of hydrogen-bond donors (Lipinski definition) is 1. The Balaban J connectivity index is 2.43. The number of rotatable bonds is 2. The van der Waals surface area contributed by atoms with Crippen LogP contribution in [0.4, 0.5) is 10.1 Å². The molecule has 1 aliphatic rings. The minimum atomic E-state index is -1.34. The Hall–Kier alpha value is -1.43. The first kappa shape index (κ1) is 12.0. The summed E-state index contributed by atoms with van der Waals surface area (Å²) in [5, 5.41) is 8.80. The van der Waals surface area contributed by atoms with Gasteiger partial charge in [-0.15, -0.1) is 0 Å². The van der Waals surface area contributed by atoms with Crippen molar-refractivity contribution in [2.45, 2.75) is 11.2 Å². The molecule has 1 aliphatic heterocycles. The van der Waals surface area contributed by atoms with Crippen LogP contribution >= 0.6 is 15.9 Å². The molecule has 0 bridgehead atoms. The maximum atomic E-state index is 13.9. The van der Waals surface area contributed by atoms with Gasteiger partial charge in [0.15, 0.2) is 5.82 Å². The number of benzene rings is 1. The molecule has 1 fully saturated rings. The third-order valence-electron chi connectivity index (χ3n) is 2.58. The zero-order chi connectivity index (χ0) is 12.6. The van der Waals surface area contributed by atoms with E-state index in [4.69, 9.17) is 5.11 Å². The zero-order valence-electron chi connectivity index (χ0n) is 8.69. The van der Waals surface area contributed by atoms with Crippen molar-refractivity contribution < 1.29 is 19.1 Å². The normalized spacial score (nSPS) is 19.8. The van der Waals surface area contributed by atoms with Gasteiger partial charge in [-0.05, 0) is 12.1 Å². The molecule has 1 atom stereocenters. The van der Waals surface area contributed by atoms with Crippen molar-refractivity contribution >= 4 is 33.5 Å². The maximum absolute atomic E-state index is 13.9. The number of anilines is 1. The molecule has 1 unspecified atom stereocenters. The lowest BCUT2D eigenvalue weighted by Crippen LogP contribution is -2.26. The number of alkyl halides is 1. The molecule has 1 aromatic carbocycles. The van der Waals surface area contributed by atoms with Crippen LogP contribution in [0.1, 0.15) is 16.8 Å².